The molecule has 3 nitrogen and oxygen atoms in total. The average Bonchev–Trinajstić information content (AvgIpc) is 3.18. The molecular weight excluding hydrogens is 318 g/mol. The zero-order chi connectivity index (χ0) is 15.5. The van der Waals surface area contributed by atoms with Crippen LogP contribution in [0.15, 0.2) is 35.7 Å². The van der Waals surface area contributed by atoms with Crippen LogP contribution >= 0.6 is 22.9 Å². The number of hydrogen-bond acceptors (Lipinski definition) is 3. The third-order valence-corrected chi connectivity index (χ3v) is 5.33. The molecule has 0 aliphatic carbocycles. The quantitative estimate of drug-likeness (QED) is 0.826. The highest BCUT2D eigenvalue weighted by atomic mass is 35.5. The van der Waals surface area contributed by atoms with Crippen molar-refractivity contribution in [1.29, 1.82) is 0 Å². The number of benzene rings is 1. The van der Waals surface area contributed by atoms with E-state index in [4.69, 9.17) is 16.3 Å². The number of nitrogens with zero attached hydrogens (tertiary/aromatic N) is 1. The van der Waals surface area contributed by atoms with E-state index in [1.807, 2.05) is 24.0 Å². The van der Waals surface area contributed by atoms with Gasteiger partial charge in [0, 0.05) is 16.4 Å². The van der Waals surface area contributed by atoms with E-state index in [1.54, 1.807) is 23.5 Å². The lowest BCUT2D eigenvalue weighted by molar-refractivity contribution is -0.134. The molecule has 1 unspecified atom stereocenters. The maximum absolute atomic E-state index is 12.5. The summed E-state index contributed by atoms with van der Waals surface area (Å²) in [7, 11) is 0. The molecule has 0 radical (unpaired) electrons. The number of halogens is 1. The molecule has 3 rings (SSSR count). The van der Waals surface area contributed by atoms with Crippen molar-refractivity contribution in [2.45, 2.75) is 25.8 Å². The number of rotatable bonds is 4. The van der Waals surface area contributed by atoms with Crippen LogP contribution in [0, 0.1) is 6.92 Å². The lowest BCUT2D eigenvalue weighted by Gasteiger charge is -2.24. The van der Waals surface area contributed by atoms with Gasteiger partial charge < -0.3 is 9.64 Å². The fraction of sp³-hybridized carbons (Fsp3) is 0.353. The maximum Gasteiger partial charge on any atom is 0.261 e. The van der Waals surface area contributed by atoms with Crippen LogP contribution in [-0.2, 0) is 4.79 Å². The van der Waals surface area contributed by atoms with E-state index < -0.39 is 0 Å². The number of carbonyl (C=O) groups excluding carboxylic acids is 1. The Labute approximate surface area is 139 Å². The molecule has 116 valence electrons. The van der Waals surface area contributed by atoms with Gasteiger partial charge in [0.2, 0.25) is 0 Å². The number of likely N-dealkylation sites (tertiary alicyclic amines) is 1. The van der Waals surface area contributed by atoms with E-state index in [0.29, 0.717) is 10.8 Å². The van der Waals surface area contributed by atoms with Crippen molar-refractivity contribution in [3.8, 4) is 5.75 Å². The molecule has 1 saturated heterocycles. The molecule has 1 aromatic carbocycles. The predicted molar refractivity (Wildman–Crippen MR) is 89.7 cm³/mol. The highest BCUT2D eigenvalue weighted by Crippen LogP contribution is 2.34. The first-order chi connectivity index (χ1) is 10.6. The molecule has 1 aliphatic rings. The van der Waals surface area contributed by atoms with Crippen LogP contribution < -0.4 is 4.74 Å². The van der Waals surface area contributed by atoms with E-state index >= 15 is 0 Å². The SMILES string of the molecule is Cc1cc(OCC(=O)N2CCCC2c2cccs2)ccc1Cl. The van der Waals surface area contributed by atoms with Crippen molar-refractivity contribution >= 4 is 28.8 Å². The van der Waals surface area contributed by atoms with E-state index in [0.717, 1.165) is 24.9 Å². The summed E-state index contributed by atoms with van der Waals surface area (Å²) in [6.07, 6.45) is 2.08. The largest absolute Gasteiger partial charge is 0.484 e. The summed E-state index contributed by atoms with van der Waals surface area (Å²) in [6, 6.07) is 9.79. The third-order valence-electron chi connectivity index (χ3n) is 3.94. The third kappa shape index (κ3) is 3.28. The van der Waals surface area contributed by atoms with Crippen molar-refractivity contribution in [2.75, 3.05) is 13.2 Å². The van der Waals surface area contributed by atoms with Gasteiger partial charge in [0.1, 0.15) is 5.75 Å². The van der Waals surface area contributed by atoms with Gasteiger partial charge in [-0.2, -0.15) is 0 Å². The lowest BCUT2D eigenvalue weighted by atomic mass is 10.2. The molecule has 1 atom stereocenters. The van der Waals surface area contributed by atoms with Crippen LogP contribution in [0.25, 0.3) is 0 Å². The Balaban J connectivity index is 1.62. The summed E-state index contributed by atoms with van der Waals surface area (Å²) in [6.45, 7) is 2.80. The molecule has 5 heteroatoms. The second kappa shape index (κ2) is 6.71. The van der Waals surface area contributed by atoms with Crippen molar-refractivity contribution < 1.29 is 9.53 Å². The molecule has 0 spiro atoms. The van der Waals surface area contributed by atoms with Crippen LogP contribution in [0.5, 0.6) is 5.75 Å². The second-order valence-corrected chi connectivity index (χ2v) is 6.85. The molecule has 0 saturated carbocycles. The Morgan fingerprint density at radius 3 is 3.05 bits per heavy atom. The Morgan fingerprint density at radius 1 is 1.45 bits per heavy atom. The summed E-state index contributed by atoms with van der Waals surface area (Å²) < 4.78 is 5.64. The van der Waals surface area contributed by atoms with E-state index in [2.05, 4.69) is 11.4 Å². The minimum Gasteiger partial charge on any atom is -0.484 e. The number of carbonyl (C=O) groups is 1. The van der Waals surface area contributed by atoms with Crippen LogP contribution in [0.2, 0.25) is 5.02 Å². The molecule has 1 amide bonds. The van der Waals surface area contributed by atoms with Gasteiger partial charge in [-0.25, -0.2) is 0 Å². The zero-order valence-corrected chi connectivity index (χ0v) is 14.0. The van der Waals surface area contributed by atoms with Crippen LogP contribution in [-0.4, -0.2) is 24.0 Å². The molecule has 2 aromatic rings. The normalized spacial score (nSPS) is 17.7. The second-order valence-electron chi connectivity index (χ2n) is 5.46. The monoisotopic (exact) mass is 335 g/mol. The van der Waals surface area contributed by atoms with Crippen molar-refractivity contribution in [3.05, 3.63) is 51.2 Å². The average molecular weight is 336 g/mol. The Kier molecular flexibility index (Phi) is 4.69. The standard InChI is InChI=1S/C17H18ClNO2S/c1-12-10-13(6-7-14(12)18)21-11-17(20)19-8-2-4-15(19)16-5-3-9-22-16/h3,5-7,9-10,15H,2,4,8,11H2,1H3. The maximum atomic E-state index is 12.5. The fourth-order valence-electron chi connectivity index (χ4n) is 2.78. The first kappa shape index (κ1) is 15.4. The molecule has 1 aliphatic heterocycles. The van der Waals surface area contributed by atoms with Crippen LogP contribution in [0.3, 0.4) is 0 Å². The summed E-state index contributed by atoms with van der Waals surface area (Å²) in [5.41, 5.74) is 0.948. The Bertz CT molecular complexity index is 657. The predicted octanol–water partition coefficient (Wildman–Crippen LogP) is 4.45. The smallest absolute Gasteiger partial charge is 0.261 e. The molecular formula is C17H18ClNO2S. The van der Waals surface area contributed by atoms with Gasteiger partial charge in [0.05, 0.1) is 6.04 Å². The first-order valence-corrected chi connectivity index (χ1v) is 8.63. The Hall–Kier alpha value is -1.52. The summed E-state index contributed by atoms with van der Waals surface area (Å²) >= 11 is 7.70. The van der Waals surface area contributed by atoms with Crippen LogP contribution in [0.1, 0.15) is 29.3 Å². The van der Waals surface area contributed by atoms with Crippen LogP contribution in [0.4, 0.5) is 0 Å². The summed E-state index contributed by atoms with van der Waals surface area (Å²) in [4.78, 5) is 15.7. The fourth-order valence-corrected chi connectivity index (χ4v) is 3.77. The van der Waals surface area contributed by atoms with Crippen molar-refractivity contribution in [3.63, 3.8) is 0 Å². The van der Waals surface area contributed by atoms with Gasteiger partial charge in [0.25, 0.3) is 5.91 Å². The van der Waals surface area contributed by atoms with E-state index in [1.165, 1.54) is 4.88 Å². The van der Waals surface area contributed by atoms with Gasteiger partial charge in [0.15, 0.2) is 6.61 Å². The minimum atomic E-state index is 0.0449. The number of hydrogen-bond donors (Lipinski definition) is 0. The van der Waals surface area contributed by atoms with Gasteiger partial charge >= 0.3 is 0 Å². The number of thiophene rings is 1. The van der Waals surface area contributed by atoms with Gasteiger partial charge in [-0.05, 0) is 55.0 Å². The summed E-state index contributed by atoms with van der Waals surface area (Å²) in [5, 5.41) is 2.76. The van der Waals surface area contributed by atoms with Gasteiger partial charge in [-0.15, -0.1) is 11.3 Å². The first-order valence-electron chi connectivity index (χ1n) is 7.37. The molecule has 1 aromatic heterocycles. The zero-order valence-electron chi connectivity index (χ0n) is 12.4. The topological polar surface area (TPSA) is 29.5 Å². The molecule has 0 bridgehead atoms. The number of ether oxygens (including phenoxy) is 1. The number of amides is 1. The van der Waals surface area contributed by atoms with Crippen molar-refractivity contribution in [1.82, 2.24) is 4.90 Å². The Morgan fingerprint density at radius 2 is 2.32 bits per heavy atom. The van der Waals surface area contributed by atoms with E-state index in [9.17, 15) is 4.79 Å². The number of aryl methyl sites for hydroxylation is 1. The lowest BCUT2D eigenvalue weighted by Crippen LogP contribution is -2.34. The molecule has 22 heavy (non-hydrogen) atoms. The van der Waals surface area contributed by atoms with Crippen molar-refractivity contribution in [2.24, 2.45) is 0 Å². The van der Waals surface area contributed by atoms with Gasteiger partial charge in [-0.1, -0.05) is 17.7 Å². The molecule has 2 heterocycles. The molecule has 0 N–H and O–H groups in total. The minimum absolute atomic E-state index is 0.0449. The summed E-state index contributed by atoms with van der Waals surface area (Å²) in [5.74, 6) is 0.727. The molecule has 1 fully saturated rings. The highest BCUT2D eigenvalue weighted by Gasteiger charge is 2.30. The van der Waals surface area contributed by atoms with E-state index in [-0.39, 0.29) is 18.6 Å². The van der Waals surface area contributed by atoms with Gasteiger partial charge in [-0.3, -0.25) is 4.79 Å². The highest BCUT2D eigenvalue weighted by molar-refractivity contribution is 7.10.